The number of rotatable bonds is 4. The fourth-order valence-corrected chi connectivity index (χ4v) is 3.13. The average molecular weight is 355 g/mol. The fraction of sp³-hybridized carbons (Fsp3) is 0.316. The number of nitrogens with zero attached hydrogens (tertiary/aromatic N) is 3. The number of fused-ring (bicyclic) bond motifs is 1. The number of carbonyl (C=O) groups is 1. The van der Waals surface area contributed by atoms with Gasteiger partial charge in [-0.05, 0) is 44.9 Å². The van der Waals surface area contributed by atoms with Crippen molar-refractivity contribution in [3.63, 3.8) is 0 Å². The van der Waals surface area contributed by atoms with Gasteiger partial charge >= 0.3 is 0 Å². The zero-order valence-corrected chi connectivity index (χ0v) is 14.9. The van der Waals surface area contributed by atoms with E-state index in [1.54, 1.807) is 18.3 Å². The Morgan fingerprint density at radius 3 is 2.76 bits per heavy atom. The van der Waals surface area contributed by atoms with E-state index in [1.807, 2.05) is 22.9 Å². The molecule has 128 valence electrons. The highest BCUT2D eigenvalue weighted by atomic mass is 35.5. The van der Waals surface area contributed by atoms with Crippen LogP contribution in [-0.2, 0) is 0 Å². The van der Waals surface area contributed by atoms with Crippen LogP contribution < -0.4 is 5.32 Å². The Morgan fingerprint density at radius 2 is 2.08 bits per heavy atom. The van der Waals surface area contributed by atoms with Crippen molar-refractivity contribution in [2.45, 2.75) is 38.6 Å². The fourth-order valence-electron chi connectivity index (χ4n) is 2.94. The number of pyridine rings is 1. The molecule has 0 atom stereocenters. The first-order chi connectivity index (χ1) is 12.0. The van der Waals surface area contributed by atoms with Crippen LogP contribution in [0.3, 0.4) is 0 Å². The summed E-state index contributed by atoms with van der Waals surface area (Å²) in [7, 11) is 0. The topological polar surface area (TPSA) is 59.8 Å². The summed E-state index contributed by atoms with van der Waals surface area (Å²) in [6.07, 6.45) is 3.97. The second-order valence-electron chi connectivity index (χ2n) is 6.72. The zero-order chi connectivity index (χ0) is 17.6. The minimum atomic E-state index is -0.189. The first-order valence-corrected chi connectivity index (χ1v) is 8.86. The summed E-state index contributed by atoms with van der Waals surface area (Å²) in [5, 5.41) is 8.62. The Morgan fingerprint density at radius 1 is 1.32 bits per heavy atom. The van der Waals surface area contributed by atoms with Crippen molar-refractivity contribution in [3.05, 3.63) is 52.8 Å². The molecule has 5 nitrogen and oxygen atoms in total. The first kappa shape index (κ1) is 16.1. The van der Waals surface area contributed by atoms with E-state index in [0.717, 1.165) is 29.6 Å². The van der Waals surface area contributed by atoms with Gasteiger partial charge in [0.1, 0.15) is 0 Å². The van der Waals surface area contributed by atoms with Crippen molar-refractivity contribution in [1.29, 1.82) is 0 Å². The number of para-hydroxylation sites is 1. The minimum Gasteiger partial charge on any atom is -0.321 e. The van der Waals surface area contributed by atoms with Gasteiger partial charge in [-0.25, -0.2) is 9.67 Å². The number of hydrogen-bond acceptors (Lipinski definition) is 3. The van der Waals surface area contributed by atoms with Crippen LogP contribution in [-0.4, -0.2) is 20.7 Å². The van der Waals surface area contributed by atoms with E-state index in [1.165, 1.54) is 0 Å². The SMILES string of the molecule is CC(C)n1ncc2c(C(=O)Nc3ccccc3Cl)cc(C3CC3)nc21. The van der Waals surface area contributed by atoms with Crippen molar-refractivity contribution in [1.82, 2.24) is 14.8 Å². The van der Waals surface area contributed by atoms with Crippen molar-refractivity contribution in [3.8, 4) is 0 Å². The van der Waals surface area contributed by atoms with E-state index in [2.05, 4.69) is 24.3 Å². The van der Waals surface area contributed by atoms with Crippen molar-refractivity contribution >= 4 is 34.2 Å². The molecule has 1 N–H and O–H groups in total. The molecular formula is C19H19ClN4O. The number of hydrogen-bond donors (Lipinski definition) is 1. The van der Waals surface area contributed by atoms with Crippen LogP contribution in [0.1, 0.15) is 54.7 Å². The van der Waals surface area contributed by atoms with Gasteiger partial charge in [0.25, 0.3) is 5.91 Å². The lowest BCUT2D eigenvalue weighted by Crippen LogP contribution is -2.14. The van der Waals surface area contributed by atoms with Gasteiger partial charge < -0.3 is 5.32 Å². The maximum Gasteiger partial charge on any atom is 0.256 e. The molecule has 6 heteroatoms. The highest BCUT2D eigenvalue weighted by Gasteiger charge is 2.28. The molecule has 0 aliphatic heterocycles. The van der Waals surface area contributed by atoms with E-state index in [-0.39, 0.29) is 11.9 Å². The molecule has 0 saturated heterocycles. The van der Waals surface area contributed by atoms with Gasteiger partial charge in [0.05, 0.1) is 27.9 Å². The van der Waals surface area contributed by atoms with Crippen LogP contribution in [0.4, 0.5) is 5.69 Å². The van der Waals surface area contributed by atoms with Crippen LogP contribution in [0.5, 0.6) is 0 Å². The summed E-state index contributed by atoms with van der Waals surface area (Å²) in [5.41, 5.74) is 2.94. The number of anilines is 1. The summed E-state index contributed by atoms with van der Waals surface area (Å²) in [4.78, 5) is 17.7. The van der Waals surface area contributed by atoms with E-state index in [9.17, 15) is 4.79 Å². The molecular weight excluding hydrogens is 336 g/mol. The predicted molar refractivity (Wildman–Crippen MR) is 99.3 cm³/mol. The summed E-state index contributed by atoms with van der Waals surface area (Å²) < 4.78 is 1.87. The van der Waals surface area contributed by atoms with E-state index in [0.29, 0.717) is 22.2 Å². The molecule has 1 aliphatic carbocycles. The maximum absolute atomic E-state index is 12.9. The molecule has 1 saturated carbocycles. The number of halogens is 1. The van der Waals surface area contributed by atoms with Crippen molar-refractivity contribution in [2.75, 3.05) is 5.32 Å². The summed E-state index contributed by atoms with van der Waals surface area (Å²) in [6, 6.07) is 9.30. The van der Waals surface area contributed by atoms with Crippen LogP contribution in [0.2, 0.25) is 5.02 Å². The number of carbonyl (C=O) groups excluding carboxylic acids is 1. The Hall–Kier alpha value is -2.40. The Balaban J connectivity index is 1.80. The van der Waals surface area contributed by atoms with Crippen LogP contribution in [0, 0.1) is 0 Å². The molecule has 3 aromatic rings. The second-order valence-corrected chi connectivity index (χ2v) is 7.13. The molecule has 1 fully saturated rings. The van der Waals surface area contributed by atoms with Crippen LogP contribution in [0.15, 0.2) is 36.5 Å². The number of amides is 1. The molecule has 2 heterocycles. The summed E-state index contributed by atoms with van der Waals surface area (Å²) >= 11 is 6.17. The molecule has 0 spiro atoms. The van der Waals surface area contributed by atoms with Gasteiger partial charge in [0, 0.05) is 17.7 Å². The van der Waals surface area contributed by atoms with Crippen LogP contribution in [0.25, 0.3) is 11.0 Å². The lowest BCUT2D eigenvalue weighted by molar-refractivity contribution is 0.102. The third-order valence-corrected chi connectivity index (χ3v) is 4.77. The average Bonchev–Trinajstić information content (AvgIpc) is 3.35. The van der Waals surface area contributed by atoms with Crippen molar-refractivity contribution in [2.24, 2.45) is 0 Å². The predicted octanol–water partition coefficient (Wildman–Crippen LogP) is 4.80. The standard InChI is InChI=1S/C19H19ClN4O/c1-11(2)24-18-14(10-21-24)13(9-17(22-18)12-7-8-12)19(25)23-16-6-4-3-5-15(16)20/h3-6,9-12H,7-8H2,1-2H3,(H,23,25). The lowest BCUT2D eigenvalue weighted by Gasteiger charge is -2.11. The molecule has 0 unspecified atom stereocenters. The molecule has 4 rings (SSSR count). The Bertz CT molecular complexity index is 959. The third-order valence-electron chi connectivity index (χ3n) is 4.44. The molecule has 1 amide bonds. The molecule has 1 aliphatic rings. The van der Waals surface area contributed by atoms with E-state index < -0.39 is 0 Å². The van der Waals surface area contributed by atoms with Crippen LogP contribution >= 0.6 is 11.6 Å². The molecule has 25 heavy (non-hydrogen) atoms. The number of benzene rings is 1. The number of nitrogens with one attached hydrogen (secondary N) is 1. The van der Waals surface area contributed by atoms with E-state index >= 15 is 0 Å². The van der Waals surface area contributed by atoms with Crippen molar-refractivity contribution < 1.29 is 4.79 Å². The van der Waals surface area contributed by atoms with Gasteiger partial charge in [-0.2, -0.15) is 5.10 Å². The quantitative estimate of drug-likeness (QED) is 0.732. The molecule has 0 radical (unpaired) electrons. The first-order valence-electron chi connectivity index (χ1n) is 8.48. The lowest BCUT2D eigenvalue weighted by atomic mass is 10.1. The zero-order valence-electron chi connectivity index (χ0n) is 14.2. The highest BCUT2D eigenvalue weighted by molar-refractivity contribution is 6.34. The normalized spacial score (nSPS) is 14.2. The molecule has 2 aromatic heterocycles. The molecule has 1 aromatic carbocycles. The van der Waals surface area contributed by atoms with Gasteiger partial charge in [0.15, 0.2) is 5.65 Å². The second kappa shape index (κ2) is 6.15. The highest BCUT2D eigenvalue weighted by Crippen LogP contribution is 2.40. The van der Waals surface area contributed by atoms with Gasteiger partial charge in [-0.1, -0.05) is 23.7 Å². The van der Waals surface area contributed by atoms with Gasteiger partial charge in [0.2, 0.25) is 0 Å². The molecule has 0 bridgehead atoms. The van der Waals surface area contributed by atoms with Gasteiger partial charge in [-0.15, -0.1) is 0 Å². The smallest absolute Gasteiger partial charge is 0.256 e. The Kier molecular flexibility index (Phi) is 3.96. The largest absolute Gasteiger partial charge is 0.321 e. The number of aromatic nitrogens is 3. The van der Waals surface area contributed by atoms with E-state index in [4.69, 9.17) is 16.6 Å². The third kappa shape index (κ3) is 3.00. The van der Waals surface area contributed by atoms with Gasteiger partial charge in [-0.3, -0.25) is 4.79 Å². The summed E-state index contributed by atoms with van der Waals surface area (Å²) in [6.45, 7) is 4.11. The minimum absolute atomic E-state index is 0.180. The maximum atomic E-state index is 12.9. The summed E-state index contributed by atoms with van der Waals surface area (Å²) in [5.74, 6) is 0.262. The monoisotopic (exact) mass is 354 g/mol. The Labute approximate surface area is 151 Å².